The summed E-state index contributed by atoms with van der Waals surface area (Å²) in [5.74, 6) is 0.843. The Hall–Kier alpha value is -3.11. The fourth-order valence-electron chi connectivity index (χ4n) is 4.54. The molecule has 1 aliphatic carbocycles. The van der Waals surface area contributed by atoms with Gasteiger partial charge in [-0.25, -0.2) is 0 Å². The molecule has 1 amide bonds. The molecule has 2 N–H and O–H groups in total. The van der Waals surface area contributed by atoms with Crippen LogP contribution >= 0.6 is 0 Å². The highest BCUT2D eigenvalue weighted by molar-refractivity contribution is 6.03. The van der Waals surface area contributed by atoms with Crippen LogP contribution in [0.3, 0.4) is 0 Å². The number of methoxy groups -OCH3 is 1. The standard InChI is InChI=1S/C27H30N2O2/c1-26(2)18-27(26,22-12-14-24(31-4)15-13-22)25(30)29-23-7-5-6-21(16-23)20-10-8-19(9-11-20)17-28-3/h5-16,28H,17-18H2,1-4H3,(H,29,30). The van der Waals surface area contributed by atoms with Gasteiger partial charge in [0.1, 0.15) is 5.75 Å². The number of anilines is 1. The molecule has 0 saturated heterocycles. The van der Waals surface area contributed by atoms with Gasteiger partial charge in [-0.1, -0.05) is 62.4 Å². The highest BCUT2D eigenvalue weighted by Gasteiger charge is 2.67. The van der Waals surface area contributed by atoms with Crippen LogP contribution in [0.4, 0.5) is 5.69 Å². The minimum atomic E-state index is -0.524. The maximum absolute atomic E-state index is 13.5. The number of amides is 1. The molecule has 1 saturated carbocycles. The predicted octanol–water partition coefficient (Wildman–Crippen LogP) is 5.39. The van der Waals surface area contributed by atoms with Gasteiger partial charge >= 0.3 is 0 Å². The third kappa shape index (κ3) is 3.96. The zero-order chi connectivity index (χ0) is 22.1. The number of nitrogens with one attached hydrogen (secondary N) is 2. The van der Waals surface area contributed by atoms with Crippen molar-refractivity contribution < 1.29 is 9.53 Å². The molecule has 0 radical (unpaired) electrons. The molecule has 1 unspecified atom stereocenters. The maximum Gasteiger partial charge on any atom is 0.235 e. The highest BCUT2D eigenvalue weighted by atomic mass is 16.5. The van der Waals surface area contributed by atoms with Gasteiger partial charge in [-0.3, -0.25) is 4.79 Å². The number of carbonyl (C=O) groups is 1. The normalized spacial score (nSPS) is 19.0. The first kappa shape index (κ1) is 21.1. The lowest BCUT2D eigenvalue weighted by atomic mass is 9.87. The number of rotatable bonds is 7. The summed E-state index contributed by atoms with van der Waals surface area (Å²) in [5, 5.41) is 6.35. The van der Waals surface area contributed by atoms with Gasteiger partial charge in [-0.2, -0.15) is 0 Å². The second-order valence-electron chi connectivity index (χ2n) is 8.96. The van der Waals surface area contributed by atoms with Crippen molar-refractivity contribution in [1.82, 2.24) is 5.32 Å². The van der Waals surface area contributed by atoms with E-state index in [0.717, 1.165) is 41.1 Å². The monoisotopic (exact) mass is 414 g/mol. The van der Waals surface area contributed by atoms with E-state index < -0.39 is 5.41 Å². The lowest BCUT2D eigenvalue weighted by Crippen LogP contribution is -2.32. The Balaban J connectivity index is 1.57. The van der Waals surface area contributed by atoms with Crippen LogP contribution in [0.5, 0.6) is 5.75 Å². The quantitative estimate of drug-likeness (QED) is 0.545. The Morgan fingerprint density at radius 3 is 2.23 bits per heavy atom. The number of carbonyl (C=O) groups excluding carboxylic acids is 1. The lowest BCUT2D eigenvalue weighted by Gasteiger charge is -2.21. The zero-order valence-corrected chi connectivity index (χ0v) is 18.7. The molecule has 0 aromatic heterocycles. The smallest absolute Gasteiger partial charge is 0.235 e. The number of ether oxygens (including phenoxy) is 1. The van der Waals surface area contributed by atoms with Crippen LogP contribution in [0.1, 0.15) is 31.4 Å². The largest absolute Gasteiger partial charge is 0.497 e. The van der Waals surface area contributed by atoms with Crippen molar-refractivity contribution in [2.75, 3.05) is 19.5 Å². The summed E-state index contributed by atoms with van der Waals surface area (Å²) >= 11 is 0. The molecule has 0 aliphatic heterocycles. The van der Waals surface area contributed by atoms with Crippen molar-refractivity contribution >= 4 is 11.6 Å². The van der Waals surface area contributed by atoms with Crippen LogP contribution in [0.25, 0.3) is 11.1 Å². The first-order valence-corrected chi connectivity index (χ1v) is 10.7. The van der Waals surface area contributed by atoms with E-state index in [4.69, 9.17) is 4.74 Å². The number of benzene rings is 3. The molecule has 0 bridgehead atoms. The molecule has 3 aromatic carbocycles. The van der Waals surface area contributed by atoms with Crippen molar-refractivity contribution in [1.29, 1.82) is 0 Å². The van der Waals surface area contributed by atoms with E-state index in [0.29, 0.717) is 0 Å². The van der Waals surface area contributed by atoms with Gasteiger partial charge < -0.3 is 15.4 Å². The van der Waals surface area contributed by atoms with Crippen LogP contribution in [-0.2, 0) is 16.8 Å². The topological polar surface area (TPSA) is 50.4 Å². The summed E-state index contributed by atoms with van der Waals surface area (Å²) in [6.07, 6.45) is 0.824. The van der Waals surface area contributed by atoms with Crippen LogP contribution < -0.4 is 15.4 Å². The SMILES string of the molecule is CNCc1ccc(-c2cccc(NC(=O)C3(c4ccc(OC)cc4)CC3(C)C)c2)cc1. The third-order valence-electron chi connectivity index (χ3n) is 6.50. The third-order valence-corrected chi connectivity index (χ3v) is 6.50. The van der Waals surface area contributed by atoms with E-state index in [1.54, 1.807) is 7.11 Å². The van der Waals surface area contributed by atoms with Crippen molar-refractivity contribution in [3.8, 4) is 16.9 Å². The van der Waals surface area contributed by atoms with Gasteiger partial charge in [0.25, 0.3) is 0 Å². The molecule has 1 aliphatic rings. The minimum absolute atomic E-state index is 0.0455. The average Bonchev–Trinajstić information content (AvgIpc) is 3.38. The Bertz CT molecular complexity index is 1070. The van der Waals surface area contributed by atoms with E-state index in [1.165, 1.54) is 5.56 Å². The van der Waals surface area contributed by atoms with Crippen LogP contribution in [0, 0.1) is 5.41 Å². The average molecular weight is 415 g/mol. The van der Waals surface area contributed by atoms with Crippen LogP contribution in [0.2, 0.25) is 0 Å². The van der Waals surface area contributed by atoms with Gasteiger partial charge in [0.15, 0.2) is 0 Å². The molecular weight excluding hydrogens is 384 g/mol. The Labute approximate surface area is 184 Å². The first-order chi connectivity index (χ1) is 14.9. The summed E-state index contributed by atoms with van der Waals surface area (Å²) in [6, 6.07) is 24.4. The summed E-state index contributed by atoms with van der Waals surface area (Å²) in [7, 11) is 3.60. The fraction of sp³-hybridized carbons (Fsp3) is 0.296. The second kappa shape index (κ2) is 8.20. The molecule has 1 atom stereocenters. The molecular formula is C27H30N2O2. The molecule has 4 rings (SSSR count). The second-order valence-corrected chi connectivity index (χ2v) is 8.96. The molecule has 4 heteroatoms. The van der Waals surface area contributed by atoms with Crippen LogP contribution in [-0.4, -0.2) is 20.1 Å². The van der Waals surface area contributed by atoms with E-state index >= 15 is 0 Å². The Morgan fingerprint density at radius 1 is 0.968 bits per heavy atom. The van der Waals surface area contributed by atoms with Crippen LogP contribution in [0.15, 0.2) is 72.8 Å². The Kier molecular flexibility index (Phi) is 5.59. The first-order valence-electron chi connectivity index (χ1n) is 10.7. The maximum atomic E-state index is 13.5. The van der Waals surface area contributed by atoms with Gasteiger partial charge in [0, 0.05) is 12.2 Å². The van der Waals surface area contributed by atoms with Crippen molar-refractivity contribution in [3.05, 3.63) is 83.9 Å². The van der Waals surface area contributed by atoms with Gasteiger partial charge in [0.05, 0.1) is 12.5 Å². The number of hydrogen-bond acceptors (Lipinski definition) is 3. The zero-order valence-electron chi connectivity index (χ0n) is 18.7. The Morgan fingerprint density at radius 2 is 1.65 bits per heavy atom. The molecule has 3 aromatic rings. The molecule has 0 heterocycles. The van der Waals surface area contributed by atoms with E-state index in [2.05, 4.69) is 54.8 Å². The summed E-state index contributed by atoms with van der Waals surface area (Å²) in [6.45, 7) is 5.15. The summed E-state index contributed by atoms with van der Waals surface area (Å²) in [4.78, 5) is 13.5. The van der Waals surface area contributed by atoms with E-state index in [-0.39, 0.29) is 11.3 Å². The predicted molar refractivity (Wildman–Crippen MR) is 126 cm³/mol. The molecule has 4 nitrogen and oxygen atoms in total. The molecule has 160 valence electrons. The van der Waals surface area contributed by atoms with Crippen molar-refractivity contribution in [3.63, 3.8) is 0 Å². The van der Waals surface area contributed by atoms with Gasteiger partial charge in [-0.15, -0.1) is 0 Å². The molecule has 0 spiro atoms. The van der Waals surface area contributed by atoms with Gasteiger partial charge in [-0.05, 0) is 65.4 Å². The molecule has 31 heavy (non-hydrogen) atoms. The van der Waals surface area contributed by atoms with Crippen molar-refractivity contribution in [2.24, 2.45) is 5.41 Å². The van der Waals surface area contributed by atoms with E-state index in [9.17, 15) is 4.79 Å². The van der Waals surface area contributed by atoms with Gasteiger partial charge in [0.2, 0.25) is 5.91 Å². The lowest BCUT2D eigenvalue weighted by molar-refractivity contribution is -0.119. The summed E-state index contributed by atoms with van der Waals surface area (Å²) < 4.78 is 5.28. The van der Waals surface area contributed by atoms with Crippen molar-refractivity contribution in [2.45, 2.75) is 32.2 Å². The highest BCUT2D eigenvalue weighted by Crippen LogP contribution is 2.64. The number of hydrogen-bond donors (Lipinski definition) is 2. The minimum Gasteiger partial charge on any atom is -0.497 e. The molecule has 1 fully saturated rings. The summed E-state index contributed by atoms with van der Waals surface area (Å²) in [5.41, 5.74) is 4.70. The fourth-order valence-corrected chi connectivity index (χ4v) is 4.54. The van der Waals surface area contributed by atoms with E-state index in [1.807, 2.05) is 49.5 Å².